The van der Waals surface area contributed by atoms with Gasteiger partial charge in [0.15, 0.2) is 11.6 Å². The van der Waals surface area contributed by atoms with Crippen LogP contribution in [0.1, 0.15) is 112 Å². The molecule has 0 bridgehead atoms. The minimum Gasteiger partial charge on any atom is -0.403 e. The minimum atomic E-state index is -4.99. The second kappa shape index (κ2) is 12.1. The van der Waals surface area contributed by atoms with E-state index in [1.807, 2.05) is 0 Å². The van der Waals surface area contributed by atoms with Crippen LogP contribution in [0.15, 0.2) is 24.3 Å². The van der Waals surface area contributed by atoms with Crippen molar-refractivity contribution in [2.45, 2.75) is 109 Å². The van der Waals surface area contributed by atoms with E-state index in [1.165, 1.54) is 50.7 Å². The Balaban J connectivity index is 1.39. The molecule has 0 N–H and O–H groups in total. The second-order valence-corrected chi connectivity index (χ2v) is 10.9. The first kappa shape index (κ1) is 27.8. The van der Waals surface area contributed by atoms with Gasteiger partial charge in [0.05, 0.1) is 0 Å². The number of ether oxygens (including phenoxy) is 1. The van der Waals surface area contributed by atoms with Gasteiger partial charge in [0.25, 0.3) is 0 Å². The second-order valence-electron chi connectivity index (χ2n) is 10.9. The van der Waals surface area contributed by atoms with Crippen molar-refractivity contribution in [3.05, 3.63) is 64.0 Å². The Bertz CT molecular complexity index is 1030. The summed E-state index contributed by atoms with van der Waals surface area (Å²) in [5, 5.41) is 0. The average Bonchev–Trinajstić information content (AvgIpc) is 2.83. The van der Waals surface area contributed by atoms with E-state index in [2.05, 4.69) is 11.7 Å². The molecule has 0 amide bonds. The SMILES string of the molecule is CCCCCCCC1CCC(c2cc(F)c(C3CCc4cc(OC(F)(F)F)c(F)cc4C3)c(F)c2)CC1. The van der Waals surface area contributed by atoms with Crippen LogP contribution in [0.3, 0.4) is 0 Å². The molecule has 7 heteroatoms. The molecule has 2 aromatic rings. The van der Waals surface area contributed by atoms with Crippen LogP contribution in [-0.4, -0.2) is 6.36 Å². The van der Waals surface area contributed by atoms with Gasteiger partial charge in [-0.2, -0.15) is 0 Å². The summed E-state index contributed by atoms with van der Waals surface area (Å²) in [4.78, 5) is 0. The maximum absolute atomic E-state index is 15.2. The number of aryl methyl sites for hydroxylation is 1. The fourth-order valence-corrected chi connectivity index (χ4v) is 6.26. The molecule has 1 atom stereocenters. The lowest BCUT2D eigenvalue weighted by molar-refractivity contribution is -0.275. The zero-order valence-corrected chi connectivity index (χ0v) is 21.4. The minimum absolute atomic E-state index is 0.00816. The van der Waals surface area contributed by atoms with Gasteiger partial charge < -0.3 is 4.74 Å². The Morgan fingerprint density at radius 1 is 0.757 bits per heavy atom. The molecule has 37 heavy (non-hydrogen) atoms. The van der Waals surface area contributed by atoms with E-state index in [-0.39, 0.29) is 24.3 Å². The van der Waals surface area contributed by atoms with Crippen LogP contribution in [0.4, 0.5) is 26.3 Å². The first-order valence-electron chi connectivity index (χ1n) is 13.7. The Morgan fingerprint density at radius 3 is 2.08 bits per heavy atom. The molecule has 2 aliphatic carbocycles. The molecule has 204 valence electrons. The summed E-state index contributed by atoms with van der Waals surface area (Å²) in [6.45, 7) is 2.21. The van der Waals surface area contributed by atoms with Gasteiger partial charge in [0, 0.05) is 5.56 Å². The molecule has 1 nitrogen and oxygen atoms in total. The molecule has 0 heterocycles. The molecule has 1 fully saturated rings. The van der Waals surface area contributed by atoms with Gasteiger partial charge in [-0.15, -0.1) is 13.2 Å². The molecule has 0 radical (unpaired) electrons. The topological polar surface area (TPSA) is 9.23 Å². The Morgan fingerprint density at radius 2 is 1.43 bits per heavy atom. The number of fused-ring (bicyclic) bond motifs is 1. The van der Waals surface area contributed by atoms with E-state index in [9.17, 15) is 17.6 Å². The summed E-state index contributed by atoms with van der Waals surface area (Å²) < 4.78 is 86.1. The van der Waals surface area contributed by atoms with Gasteiger partial charge in [-0.1, -0.05) is 45.4 Å². The molecule has 2 aliphatic rings. The van der Waals surface area contributed by atoms with Crippen LogP contribution in [0, 0.1) is 23.4 Å². The number of hydrogen-bond acceptors (Lipinski definition) is 1. The lowest BCUT2D eigenvalue weighted by atomic mass is 9.75. The van der Waals surface area contributed by atoms with Gasteiger partial charge in [-0.05, 0) is 104 Å². The zero-order valence-electron chi connectivity index (χ0n) is 21.4. The molecule has 0 aromatic heterocycles. The van der Waals surface area contributed by atoms with Gasteiger partial charge in [-0.3, -0.25) is 0 Å². The summed E-state index contributed by atoms with van der Waals surface area (Å²) in [6, 6.07) is 4.97. The molecule has 0 saturated heterocycles. The Labute approximate surface area is 215 Å². The third kappa shape index (κ3) is 7.23. The Hall–Kier alpha value is -2.18. The summed E-state index contributed by atoms with van der Waals surface area (Å²) >= 11 is 0. The monoisotopic (exact) mass is 526 g/mol. The standard InChI is InChI=1S/C30H36F6O/c1-2-3-4-5-6-7-19-8-10-20(11-9-19)24-16-26(32)29(27(33)17-24)22-13-12-21-18-28(37-30(34,35)36)25(31)15-23(21)14-22/h15-20,22H,2-14H2,1H3. The van der Waals surface area contributed by atoms with Crippen LogP contribution >= 0.6 is 0 Å². The number of benzene rings is 2. The molecule has 1 saturated carbocycles. The number of unbranched alkanes of at least 4 members (excludes halogenated alkanes) is 4. The molecule has 4 rings (SSSR count). The number of alkyl halides is 3. The lowest BCUT2D eigenvalue weighted by Gasteiger charge is -2.30. The fraction of sp³-hybridized carbons (Fsp3) is 0.600. The number of rotatable bonds is 9. The van der Waals surface area contributed by atoms with Gasteiger partial charge in [-0.25, -0.2) is 13.2 Å². The van der Waals surface area contributed by atoms with Gasteiger partial charge in [0.2, 0.25) is 0 Å². The highest BCUT2D eigenvalue weighted by molar-refractivity contribution is 5.41. The van der Waals surface area contributed by atoms with Crippen LogP contribution in [-0.2, 0) is 12.8 Å². The van der Waals surface area contributed by atoms with E-state index < -0.39 is 35.5 Å². The average molecular weight is 527 g/mol. The molecular weight excluding hydrogens is 490 g/mol. The van der Waals surface area contributed by atoms with Gasteiger partial charge in [0.1, 0.15) is 11.6 Å². The van der Waals surface area contributed by atoms with Crippen LogP contribution in [0.2, 0.25) is 0 Å². The van der Waals surface area contributed by atoms with Crippen molar-refractivity contribution >= 4 is 0 Å². The highest BCUT2D eigenvalue weighted by Crippen LogP contribution is 2.42. The van der Waals surface area contributed by atoms with Crippen LogP contribution in [0.5, 0.6) is 5.75 Å². The molecular formula is C30H36F6O. The quantitative estimate of drug-likeness (QED) is 0.233. The number of hydrogen-bond donors (Lipinski definition) is 0. The third-order valence-electron chi connectivity index (χ3n) is 8.25. The van der Waals surface area contributed by atoms with E-state index in [0.29, 0.717) is 29.0 Å². The van der Waals surface area contributed by atoms with E-state index in [1.54, 1.807) is 0 Å². The summed E-state index contributed by atoms with van der Waals surface area (Å²) in [6.07, 6.45) is 7.51. The maximum atomic E-state index is 15.2. The largest absolute Gasteiger partial charge is 0.573 e. The van der Waals surface area contributed by atoms with E-state index >= 15 is 8.78 Å². The molecule has 0 spiro atoms. The van der Waals surface area contributed by atoms with Crippen LogP contribution in [0.25, 0.3) is 0 Å². The fourth-order valence-electron chi connectivity index (χ4n) is 6.26. The predicted molar refractivity (Wildman–Crippen MR) is 132 cm³/mol. The number of halogens is 6. The van der Waals surface area contributed by atoms with Crippen molar-refractivity contribution in [1.82, 2.24) is 0 Å². The zero-order chi connectivity index (χ0) is 26.6. The highest BCUT2D eigenvalue weighted by Gasteiger charge is 2.34. The molecule has 0 aliphatic heterocycles. The van der Waals surface area contributed by atoms with Crippen molar-refractivity contribution in [3.8, 4) is 5.75 Å². The lowest BCUT2D eigenvalue weighted by Crippen LogP contribution is -2.20. The smallest absolute Gasteiger partial charge is 0.403 e. The van der Waals surface area contributed by atoms with Crippen molar-refractivity contribution in [3.63, 3.8) is 0 Å². The van der Waals surface area contributed by atoms with Crippen molar-refractivity contribution in [2.75, 3.05) is 0 Å². The first-order valence-corrected chi connectivity index (χ1v) is 13.7. The highest BCUT2D eigenvalue weighted by atomic mass is 19.4. The Kier molecular flexibility index (Phi) is 9.12. The van der Waals surface area contributed by atoms with Crippen molar-refractivity contribution in [2.24, 2.45) is 5.92 Å². The van der Waals surface area contributed by atoms with Crippen molar-refractivity contribution in [1.29, 1.82) is 0 Å². The molecule has 2 aromatic carbocycles. The third-order valence-corrected chi connectivity index (χ3v) is 8.25. The van der Waals surface area contributed by atoms with Crippen LogP contribution < -0.4 is 4.74 Å². The van der Waals surface area contributed by atoms with E-state index in [4.69, 9.17) is 0 Å². The summed E-state index contributed by atoms with van der Waals surface area (Å²) in [7, 11) is 0. The predicted octanol–water partition coefficient (Wildman–Crippen LogP) is 9.91. The normalized spacial score (nSPS) is 22.1. The van der Waals surface area contributed by atoms with E-state index in [0.717, 1.165) is 37.8 Å². The first-order chi connectivity index (χ1) is 17.6. The summed E-state index contributed by atoms with van der Waals surface area (Å²) in [5.74, 6) is -2.82. The maximum Gasteiger partial charge on any atom is 0.573 e. The summed E-state index contributed by atoms with van der Waals surface area (Å²) in [5.41, 5.74) is 1.66. The van der Waals surface area contributed by atoms with Gasteiger partial charge >= 0.3 is 6.36 Å². The molecule has 1 unspecified atom stereocenters. The van der Waals surface area contributed by atoms with Crippen molar-refractivity contribution < 1.29 is 31.1 Å².